The number of hydrogen-bond donors (Lipinski definition) is 1. The fourth-order valence-corrected chi connectivity index (χ4v) is 2.53. The van der Waals surface area contributed by atoms with Crippen LogP contribution in [-0.2, 0) is 11.8 Å². The second-order valence-electron chi connectivity index (χ2n) is 5.06. The van der Waals surface area contributed by atoms with E-state index in [1.54, 1.807) is 17.0 Å². The van der Waals surface area contributed by atoms with Crippen LogP contribution in [-0.4, -0.2) is 47.3 Å². The molecule has 1 saturated heterocycles. The summed E-state index contributed by atoms with van der Waals surface area (Å²) in [5, 5.41) is 7.27. The molecule has 5 nitrogen and oxygen atoms in total. The largest absolute Gasteiger partial charge is 0.339 e. The lowest BCUT2D eigenvalue weighted by molar-refractivity contribution is -0.127. The normalized spacial score (nSPS) is 20.1. The highest BCUT2D eigenvalue weighted by Gasteiger charge is 2.21. The van der Waals surface area contributed by atoms with E-state index in [1.165, 1.54) is 6.42 Å². The Morgan fingerprint density at radius 3 is 3.16 bits per heavy atom. The van der Waals surface area contributed by atoms with E-state index in [-0.39, 0.29) is 5.91 Å². The topological polar surface area (TPSA) is 50.2 Å². The summed E-state index contributed by atoms with van der Waals surface area (Å²) in [4.78, 5) is 14.1. The predicted octanol–water partition coefficient (Wildman–Crippen LogP) is 0.891. The van der Waals surface area contributed by atoms with Gasteiger partial charge in [0, 0.05) is 32.4 Å². The third-order valence-corrected chi connectivity index (χ3v) is 3.58. The monoisotopic (exact) mass is 262 g/mol. The van der Waals surface area contributed by atoms with E-state index in [9.17, 15) is 4.79 Å². The van der Waals surface area contributed by atoms with Gasteiger partial charge >= 0.3 is 0 Å². The fourth-order valence-electron chi connectivity index (χ4n) is 2.53. The van der Waals surface area contributed by atoms with Crippen LogP contribution in [0.2, 0.25) is 0 Å². The highest BCUT2D eigenvalue weighted by Crippen LogP contribution is 2.16. The average molecular weight is 262 g/mol. The fraction of sp³-hybridized carbons (Fsp3) is 0.571. The zero-order chi connectivity index (χ0) is 13.7. The van der Waals surface area contributed by atoms with Crippen LogP contribution < -0.4 is 5.32 Å². The van der Waals surface area contributed by atoms with Crippen molar-refractivity contribution < 1.29 is 4.79 Å². The maximum atomic E-state index is 12.1. The maximum absolute atomic E-state index is 12.1. The number of aromatic nitrogens is 2. The quantitative estimate of drug-likeness (QED) is 0.820. The predicted molar refractivity (Wildman–Crippen MR) is 75.5 cm³/mol. The second-order valence-corrected chi connectivity index (χ2v) is 5.06. The first-order chi connectivity index (χ1) is 9.20. The van der Waals surface area contributed by atoms with Gasteiger partial charge in [-0.25, -0.2) is 0 Å². The summed E-state index contributed by atoms with van der Waals surface area (Å²) in [7, 11) is 3.83. The molecule has 19 heavy (non-hydrogen) atoms. The summed E-state index contributed by atoms with van der Waals surface area (Å²) in [6, 6.07) is 1.89. The van der Waals surface area contributed by atoms with E-state index in [0.717, 1.165) is 31.7 Å². The lowest BCUT2D eigenvalue weighted by atomic mass is 9.98. The van der Waals surface area contributed by atoms with E-state index < -0.39 is 0 Å². The van der Waals surface area contributed by atoms with E-state index in [2.05, 4.69) is 10.4 Å². The number of amides is 1. The average Bonchev–Trinajstić information content (AvgIpc) is 2.82. The summed E-state index contributed by atoms with van der Waals surface area (Å²) in [5.74, 6) is 0.676. The van der Waals surface area contributed by atoms with E-state index in [1.807, 2.05) is 31.1 Å². The van der Waals surface area contributed by atoms with Gasteiger partial charge in [-0.3, -0.25) is 9.48 Å². The first kappa shape index (κ1) is 13.8. The van der Waals surface area contributed by atoms with Gasteiger partial charge in [0.2, 0.25) is 5.91 Å². The van der Waals surface area contributed by atoms with Crippen LogP contribution in [0.25, 0.3) is 6.08 Å². The van der Waals surface area contributed by atoms with Gasteiger partial charge in [-0.2, -0.15) is 5.10 Å². The Hall–Kier alpha value is -1.62. The number of rotatable bonds is 4. The molecule has 1 aliphatic heterocycles. The number of carbonyl (C=O) groups excluding carboxylic acids is 1. The Morgan fingerprint density at radius 2 is 2.47 bits per heavy atom. The van der Waals surface area contributed by atoms with Crippen molar-refractivity contribution in [3.8, 4) is 0 Å². The zero-order valence-electron chi connectivity index (χ0n) is 11.7. The molecule has 0 radical (unpaired) electrons. The highest BCUT2D eigenvalue weighted by molar-refractivity contribution is 5.91. The molecule has 2 heterocycles. The van der Waals surface area contributed by atoms with Crippen molar-refractivity contribution in [2.45, 2.75) is 12.8 Å². The van der Waals surface area contributed by atoms with Crippen molar-refractivity contribution in [2.75, 3.05) is 26.7 Å². The van der Waals surface area contributed by atoms with Crippen molar-refractivity contribution in [3.63, 3.8) is 0 Å². The van der Waals surface area contributed by atoms with Crippen LogP contribution in [0.5, 0.6) is 0 Å². The Morgan fingerprint density at radius 1 is 1.63 bits per heavy atom. The maximum Gasteiger partial charge on any atom is 0.246 e. The summed E-state index contributed by atoms with van der Waals surface area (Å²) >= 11 is 0. The molecule has 1 amide bonds. The minimum Gasteiger partial charge on any atom is -0.339 e. The molecule has 1 aromatic rings. The molecule has 5 heteroatoms. The molecule has 0 spiro atoms. The molecule has 1 atom stereocenters. The van der Waals surface area contributed by atoms with Gasteiger partial charge in [0.1, 0.15) is 0 Å². The van der Waals surface area contributed by atoms with Crippen LogP contribution in [0.4, 0.5) is 0 Å². The number of likely N-dealkylation sites (tertiary alicyclic amines) is 1. The van der Waals surface area contributed by atoms with Gasteiger partial charge in [-0.1, -0.05) is 0 Å². The van der Waals surface area contributed by atoms with E-state index >= 15 is 0 Å². The molecule has 0 bridgehead atoms. The lowest BCUT2D eigenvalue weighted by Crippen LogP contribution is -2.41. The standard InChI is InChI=1S/C14H22N4O/c1-15-10-12-4-3-9-18(11-12)14(19)6-5-13-7-8-16-17(13)2/h5-8,12,15H,3-4,9-11H2,1-2H3/b6-5+. The molecule has 0 saturated carbocycles. The third-order valence-electron chi connectivity index (χ3n) is 3.58. The van der Waals surface area contributed by atoms with E-state index in [4.69, 9.17) is 0 Å². The van der Waals surface area contributed by atoms with Gasteiger partial charge in [0.05, 0.1) is 5.69 Å². The molecule has 1 unspecified atom stereocenters. The van der Waals surface area contributed by atoms with Crippen LogP contribution >= 0.6 is 0 Å². The Bertz CT molecular complexity index is 450. The number of hydrogen-bond acceptors (Lipinski definition) is 3. The molecule has 2 rings (SSSR count). The number of aryl methyl sites for hydroxylation is 1. The van der Waals surface area contributed by atoms with Crippen LogP contribution in [0, 0.1) is 5.92 Å². The molecular weight excluding hydrogens is 240 g/mol. The van der Waals surface area contributed by atoms with Crippen LogP contribution in [0.15, 0.2) is 18.3 Å². The van der Waals surface area contributed by atoms with Crippen molar-refractivity contribution >= 4 is 12.0 Å². The minimum absolute atomic E-state index is 0.0991. The molecule has 1 aromatic heterocycles. The summed E-state index contributed by atoms with van der Waals surface area (Å²) in [5.41, 5.74) is 0.942. The van der Waals surface area contributed by atoms with Crippen molar-refractivity contribution in [3.05, 3.63) is 24.0 Å². The number of piperidine rings is 1. The molecule has 1 N–H and O–H groups in total. The Balaban J connectivity index is 1.92. The molecule has 0 aliphatic carbocycles. The smallest absolute Gasteiger partial charge is 0.246 e. The van der Waals surface area contributed by atoms with Gasteiger partial charge in [-0.05, 0) is 44.5 Å². The first-order valence-corrected chi connectivity index (χ1v) is 6.80. The van der Waals surface area contributed by atoms with Gasteiger partial charge < -0.3 is 10.2 Å². The summed E-state index contributed by atoms with van der Waals surface area (Å²) < 4.78 is 1.75. The van der Waals surface area contributed by atoms with Crippen molar-refractivity contribution in [1.29, 1.82) is 0 Å². The molecule has 1 aliphatic rings. The first-order valence-electron chi connectivity index (χ1n) is 6.80. The second kappa shape index (κ2) is 6.52. The van der Waals surface area contributed by atoms with Crippen LogP contribution in [0.3, 0.4) is 0 Å². The highest BCUT2D eigenvalue weighted by atomic mass is 16.2. The SMILES string of the molecule is CNCC1CCCN(C(=O)/C=C/c2ccnn2C)C1. The molecule has 1 fully saturated rings. The van der Waals surface area contributed by atoms with Crippen molar-refractivity contribution in [2.24, 2.45) is 13.0 Å². The lowest BCUT2D eigenvalue weighted by Gasteiger charge is -2.32. The van der Waals surface area contributed by atoms with Gasteiger partial charge in [-0.15, -0.1) is 0 Å². The Labute approximate surface area is 114 Å². The van der Waals surface area contributed by atoms with Crippen molar-refractivity contribution in [1.82, 2.24) is 20.0 Å². The van der Waals surface area contributed by atoms with Gasteiger partial charge in [0.15, 0.2) is 0 Å². The number of nitrogens with zero attached hydrogens (tertiary/aromatic N) is 3. The zero-order valence-corrected chi connectivity index (χ0v) is 11.7. The Kier molecular flexibility index (Phi) is 4.74. The summed E-state index contributed by atoms with van der Waals surface area (Å²) in [6.07, 6.45) is 7.51. The molecule has 0 aromatic carbocycles. The van der Waals surface area contributed by atoms with Gasteiger partial charge in [0.25, 0.3) is 0 Å². The number of carbonyl (C=O) groups is 1. The summed E-state index contributed by atoms with van der Waals surface area (Å²) in [6.45, 7) is 2.71. The molecular formula is C14H22N4O. The number of nitrogens with one attached hydrogen (secondary N) is 1. The molecule has 104 valence electrons. The van der Waals surface area contributed by atoms with Crippen LogP contribution in [0.1, 0.15) is 18.5 Å². The van der Waals surface area contributed by atoms with E-state index in [0.29, 0.717) is 5.92 Å². The third kappa shape index (κ3) is 3.67. The minimum atomic E-state index is 0.0991.